The standard InChI is InChI=1S/C18H21N5O2/c1-24-17-9-16(21-11-14(17)10-19)15-4-3-13(18(22-15)25-2)12-23-7-5-20-6-8-23/h3-4,9,11,20H,5-8,12H2,1-2H3. The van der Waals surface area contributed by atoms with Crippen molar-refractivity contribution in [1.82, 2.24) is 20.2 Å². The molecule has 0 aromatic carbocycles. The van der Waals surface area contributed by atoms with Crippen molar-refractivity contribution in [2.24, 2.45) is 0 Å². The molecule has 0 bridgehead atoms. The number of methoxy groups -OCH3 is 2. The van der Waals surface area contributed by atoms with E-state index < -0.39 is 0 Å². The molecule has 2 aromatic rings. The van der Waals surface area contributed by atoms with Crippen molar-refractivity contribution in [2.75, 3.05) is 40.4 Å². The van der Waals surface area contributed by atoms with Crippen molar-refractivity contribution in [3.63, 3.8) is 0 Å². The molecule has 25 heavy (non-hydrogen) atoms. The molecule has 1 saturated heterocycles. The average Bonchev–Trinajstić information content (AvgIpc) is 2.68. The van der Waals surface area contributed by atoms with E-state index in [4.69, 9.17) is 14.7 Å². The highest BCUT2D eigenvalue weighted by molar-refractivity contribution is 5.60. The maximum Gasteiger partial charge on any atom is 0.218 e. The Morgan fingerprint density at radius 1 is 1.20 bits per heavy atom. The molecule has 1 N–H and O–H groups in total. The highest BCUT2D eigenvalue weighted by atomic mass is 16.5. The predicted molar refractivity (Wildman–Crippen MR) is 93.4 cm³/mol. The third-order valence-electron chi connectivity index (χ3n) is 4.20. The van der Waals surface area contributed by atoms with Crippen molar-refractivity contribution in [3.8, 4) is 29.1 Å². The van der Waals surface area contributed by atoms with Crippen LogP contribution in [0.1, 0.15) is 11.1 Å². The molecule has 1 aliphatic rings. The van der Waals surface area contributed by atoms with Gasteiger partial charge in [0.25, 0.3) is 0 Å². The summed E-state index contributed by atoms with van der Waals surface area (Å²) in [7, 11) is 3.16. The van der Waals surface area contributed by atoms with Crippen LogP contribution in [0, 0.1) is 11.3 Å². The Bertz CT molecular complexity index is 782. The first-order valence-electron chi connectivity index (χ1n) is 8.16. The fourth-order valence-corrected chi connectivity index (χ4v) is 2.85. The van der Waals surface area contributed by atoms with Gasteiger partial charge in [0, 0.05) is 50.6 Å². The zero-order valence-corrected chi connectivity index (χ0v) is 14.5. The van der Waals surface area contributed by atoms with Gasteiger partial charge in [0.05, 0.1) is 25.6 Å². The molecule has 7 nitrogen and oxygen atoms in total. The van der Waals surface area contributed by atoms with Gasteiger partial charge < -0.3 is 14.8 Å². The third-order valence-corrected chi connectivity index (χ3v) is 4.20. The first-order chi connectivity index (χ1) is 12.2. The maximum atomic E-state index is 9.07. The zero-order chi connectivity index (χ0) is 17.6. The van der Waals surface area contributed by atoms with Gasteiger partial charge in [-0.3, -0.25) is 9.88 Å². The molecule has 1 fully saturated rings. The SMILES string of the molecule is COc1cc(-c2ccc(CN3CCNCC3)c(OC)n2)ncc1C#N. The van der Waals surface area contributed by atoms with Crippen molar-refractivity contribution in [3.05, 3.63) is 35.5 Å². The van der Waals surface area contributed by atoms with E-state index in [9.17, 15) is 0 Å². The summed E-state index contributed by atoms with van der Waals surface area (Å²) in [5, 5.41) is 12.4. The lowest BCUT2D eigenvalue weighted by atomic mass is 10.1. The second-order valence-electron chi connectivity index (χ2n) is 5.77. The summed E-state index contributed by atoms with van der Waals surface area (Å²) >= 11 is 0. The van der Waals surface area contributed by atoms with Crippen molar-refractivity contribution < 1.29 is 9.47 Å². The van der Waals surface area contributed by atoms with Gasteiger partial charge in [0.2, 0.25) is 5.88 Å². The van der Waals surface area contributed by atoms with Crippen LogP contribution in [0.15, 0.2) is 24.4 Å². The summed E-state index contributed by atoms with van der Waals surface area (Å²) < 4.78 is 10.7. The predicted octanol–water partition coefficient (Wildman–Crippen LogP) is 1.44. The minimum atomic E-state index is 0.397. The van der Waals surface area contributed by atoms with Crippen LogP contribution in [0.2, 0.25) is 0 Å². The minimum Gasteiger partial charge on any atom is -0.495 e. The highest BCUT2D eigenvalue weighted by Crippen LogP contribution is 2.27. The Balaban J connectivity index is 1.87. The topological polar surface area (TPSA) is 83.3 Å². The summed E-state index contributed by atoms with van der Waals surface area (Å²) in [5.74, 6) is 1.08. The molecule has 1 aliphatic heterocycles. The molecule has 0 spiro atoms. The number of ether oxygens (including phenoxy) is 2. The molecule has 0 amide bonds. The Kier molecular flexibility index (Phi) is 5.43. The molecular weight excluding hydrogens is 318 g/mol. The summed E-state index contributed by atoms with van der Waals surface area (Å²) in [6.45, 7) is 4.84. The quantitative estimate of drug-likeness (QED) is 0.882. The number of hydrogen-bond acceptors (Lipinski definition) is 7. The van der Waals surface area contributed by atoms with Gasteiger partial charge in [-0.15, -0.1) is 0 Å². The lowest BCUT2D eigenvalue weighted by Gasteiger charge is -2.27. The summed E-state index contributed by atoms with van der Waals surface area (Å²) in [6.07, 6.45) is 1.50. The Hall–Kier alpha value is -2.69. The number of aromatic nitrogens is 2. The van der Waals surface area contributed by atoms with Crippen LogP contribution in [0.25, 0.3) is 11.4 Å². The fourth-order valence-electron chi connectivity index (χ4n) is 2.85. The number of pyridine rings is 2. The van der Waals surface area contributed by atoms with Crippen molar-refractivity contribution in [1.29, 1.82) is 5.26 Å². The van der Waals surface area contributed by atoms with Crippen LogP contribution in [0.4, 0.5) is 0 Å². The monoisotopic (exact) mass is 339 g/mol. The van der Waals surface area contributed by atoms with E-state index in [0.717, 1.165) is 38.3 Å². The van der Waals surface area contributed by atoms with Crippen LogP contribution >= 0.6 is 0 Å². The molecule has 7 heteroatoms. The van der Waals surface area contributed by atoms with E-state index in [1.165, 1.54) is 13.3 Å². The molecule has 0 saturated carbocycles. The fraction of sp³-hybridized carbons (Fsp3) is 0.389. The van der Waals surface area contributed by atoms with E-state index >= 15 is 0 Å². The van der Waals surface area contributed by atoms with Crippen LogP contribution < -0.4 is 14.8 Å². The van der Waals surface area contributed by atoms with Crippen molar-refractivity contribution in [2.45, 2.75) is 6.54 Å². The van der Waals surface area contributed by atoms with Crippen LogP contribution in [0.5, 0.6) is 11.6 Å². The van der Waals surface area contributed by atoms with Gasteiger partial charge in [0.1, 0.15) is 17.4 Å². The third kappa shape index (κ3) is 3.87. The van der Waals surface area contributed by atoms with E-state index in [1.807, 2.05) is 12.1 Å². The van der Waals surface area contributed by atoms with Gasteiger partial charge in [-0.05, 0) is 6.07 Å². The maximum absolute atomic E-state index is 9.07. The molecule has 0 unspecified atom stereocenters. The van der Waals surface area contributed by atoms with Crippen LogP contribution in [0.3, 0.4) is 0 Å². The van der Waals surface area contributed by atoms with Gasteiger partial charge in [-0.2, -0.15) is 5.26 Å². The smallest absolute Gasteiger partial charge is 0.218 e. The first-order valence-corrected chi connectivity index (χ1v) is 8.16. The van der Waals surface area contributed by atoms with Gasteiger partial charge in [0.15, 0.2) is 0 Å². The number of nitrogens with one attached hydrogen (secondary N) is 1. The summed E-state index contributed by atoms with van der Waals surface area (Å²) in [4.78, 5) is 11.3. The molecular formula is C18H21N5O2. The van der Waals surface area contributed by atoms with Gasteiger partial charge in [-0.1, -0.05) is 6.07 Å². The zero-order valence-electron chi connectivity index (χ0n) is 14.5. The lowest BCUT2D eigenvalue weighted by molar-refractivity contribution is 0.229. The first kappa shape index (κ1) is 17.1. The van der Waals surface area contributed by atoms with Crippen LogP contribution in [-0.2, 0) is 6.54 Å². The van der Waals surface area contributed by atoms with Gasteiger partial charge >= 0.3 is 0 Å². The molecule has 3 heterocycles. The second-order valence-corrected chi connectivity index (χ2v) is 5.77. The largest absolute Gasteiger partial charge is 0.495 e. The van der Waals surface area contributed by atoms with E-state index in [2.05, 4.69) is 26.3 Å². The van der Waals surface area contributed by atoms with Crippen molar-refractivity contribution >= 4 is 0 Å². The Labute approximate surface area is 147 Å². The second kappa shape index (κ2) is 7.92. The summed E-state index contributed by atoms with van der Waals surface area (Å²) in [6, 6.07) is 7.73. The normalized spacial score (nSPS) is 14.8. The molecule has 130 valence electrons. The number of hydrogen-bond donors (Lipinski definition) is 1. The van der Waals surface area contributed by atoms with E-state index in [-0.39, 0.29) is 0 Å². The number of rotatable bonds is 5. The molecule has 0 atom stereocenters. The van der Waals surface area contributed by atoms with E-state index in [1.54, 1.807) is 13.2 Å². The lowest BCUT2D eigenvalue weighted by Crippen LogP contribution is -2.42. The number of nitrogens with zero attached hydrogens (tertiary/aromatic N) is 4. The summed E-state index contributed by atoms with van der Waals surface area (Å²) in [5.41, 5.74) is 2.77. The molecule has 0 radical (unpaired) electrons. The Morgan fingerprint density at radius 3 is 2.68 bits per heavy atom. The highest BCUT2D eigenvalue weighted by Gasteiger charge is 2.15. The minimum absolute atomic E-state index is 0.397. The molecule has 3 rings (SSSR count). The molecule has 0 aliphatic carbocycles. The average molecular weight is 339 g/mol. The van der Waals surface area contributed by atoms with E-state index in [0.29, 0.717) is 28.6 Å². The Morgan fingerprint density at radius 2 is 2.00 bits per heavy atom. The van der Waals surface area contributed by atoms with Gasteiger partial charge in [-0.25, -0.2) is 4.98 Å². The van der Waals surface area contributed by atoms with Crippen LogP contribution in [-0.4, -0.2) is 55.3 Å². The molecule has 2 aromatic heterocycles. The number of piperazine rings is 1. The number of nitriles is 1.